The molecule has 1 unspecified atom stereocenters. The Morgan fingerprint density at radius 2 is 1.50 bits per heavy atom. The minimum atomic E-state index is -5.09. The zero-order chi connectivity index (χ0) is 19.6. The van der Waals surface area contributed by atoms with Gasteiger partial charge in [-0.2, -0.15) is 26.3 Å². The van der Waals surface area contributed by atoms with Gasteiger partial charge in [-0.25, -0.2) is 4.39 Å². The number of rotatable bonds is 5. The Bertz CT molecular complexity index is 743. The molecule has 0 aromatic heterocycles. The minimum Gasteiger partial charge on any atom is -0.367 e. The third kappa shape index (κ3) is 4.73. The second-order valence-electron chi connectivity index (χ2n) is 5.68. The van der Waals surface area contributed by atoms with Crippen molar-refractivity contribution in [2.24, 2.45) is 0 Å². The first-order valence-corrected chi connectivity index (χ1v) is 7.36. The van der Waals surface area contributed by atoms with E-state index in [9.17, 15) is 35.8 Å². The lowest BCUT2D eigenvalue weighted by Gasteiger charge is -2.32. The van der Waals surface area contributed by atoms with Crippen LogP contribution >= 0.6 is 0 Å². The van der Waals surface area contributed by atoms with Crippen LogP contribution in [0.3, 0.4) is 0 Å². The molecule has 2 aromatic rings. The first kappa shape index (κ1) is 20.2. The van der Waals surface area contributed by atoms with Crippen molar-refractivity contribution in [1.82, 2.24) is 5.32 Å². The van der Waals surface area contributed by atoms with E-state index in [1.165, 1.54) is 24.3 Å². The molecule has 2 nitrogen and oxygen atoms in total. The first-order valence-electron chi connectivity index (χ1n) is 7.36. The van der Waals surface area contributed by atoms with Crippen LogP contribution in [0.4, 0.5) is 30.7 Å². The van der Waals surface area contributed by atoms with Gasteiger partial charge in [-0.1, -0.05) is 36.4 Å². The Morgan fingerprint density at radius 3 is 2.00 bits per heavy atom. The minimum absolute atomic E-state index is 0.174. The summed E-state index contributed by atoms with van der Waals surface area (Å²) in [4.78, 5) is 0. The maximum Gasteiger partial charge on any atom is 0.431 e. The predicted octanol–water partition coefficient (Wildman–Crippen LogP) is 4.43. The molecule has 0 amide bonds. The molecule has 0 aliphatic rings. The summed E-state index contributed by atoms with van der Waals surface area (Å²) in [5.41, 5.74) is -4.89. The predicted molar refractivity (Wildman–Crippen MR) is 79.4 cm³/mol. The molecule has 0 bridgehead atoms. The number of hydrogen-bond acceptors (Lipinski definition) is 2. The van der Waals surface area contributed by atoms with E-state index in [2.05, 4.69) is 0 Å². The van der Waals surface area contributed by atoms with Crippen molar-refractivity contribution in [2.45, 2.75) is 31.0 Å². The van der Waals surface area contributed by atoms with Crippen molar-refractivity contribution in [3.05, 3.63) is 71.0 Å². The Balaban J connectivity index is 2.20. The highest BCUT2D eigenvalue weighted by Gasteiger charge is 2.53. The molecule has 0 saturated carbocycles. The Labute approximate surface area is 144 Å². The number of halogens is 7. The summed E-state index contributed by atoms with van der Waals surface area (Å²) < 4.78 is 91.1. The van der Waals surface area contributed by atoms with Crippen LogP contribution in [0.5, 0.6) is 0 Å². The van der Waals surface area contributed by atoms with Crippen molar-refractivity contribution < 1.29 is 35.8 Å². The van der Waals surface area contributed by atoms with Gasteiger partial charge in [-0.15, -0.1) is 0 Å². The van der Waals surface area contributed by atoms with Gasteiger partial charge in [0, 0.05) is 18.5 Å². The summed E-state index contributed by atoms with van der Waals surface area (Å²) >= 11 is 0. The van der Waals surface area contributed by atoms with Crippen LogP contribution in [0.1, 0.15) is 16.7 Å². The van der Waals surface area contributed by atoms with Crippen LogP contribution in [-0.4, -0.2) is 17.0 Å². The topological polar surface area (TPSA) is 32.3 Å². The molecule has 2 aromatic carbocycles. The summed E-state index contributed by atoms with van der Waals surface area (Å²) in [6.07, 6.45) is -10.7. The quantitative estimate of drug-likeness (QED) is 0.593. The highest BCUT2D eigenvalue weighted by Crippen LogP contribution is 2.33. The van der Waals surface area contributed by atoms with Gasteiger partial charge < -0.3 is 5.11 Å². The van der Waals surface area contributed by atoms with Gasteiger partial charge in [0.25, 0.3) is 0 Å². The number of hydrogen-bond donors (Lipinski definition) is 2. The highest BCUT2D eigenvalue weighted by atomic mass is 19.4. The zero-order valence-corrected chi connectivity index (χ0v) is 13.1. The molecule has 142 valence electrons. The van der Waals surface area contributed by atoms with Gasteiger partial charge in [0.15, 0.2) is 0 Å². The summed E-state index contributed by atoms with van der Waals surface area (Å²) in [5.74, 6) is -1.32. The largest absolute Gasteiger partial charge is 0.431 e. The summed E-state index contributed by atoms with van der Waals surface area (Å²) in [6, 6.07) is 8.79. The highest BCUT2D eigenvalue weighted by molar-refractivity contribution is 5.26. The number of benzene rings is 2. The Hall–Kier alpha value is -2.13. The Morgan fingerprint density at radius 1 is 0.885 bits per heavy atom. The van der Waals surface area contributed by atoms with Gasteiger partial charge in [-0.3, -0.25) is 5.32 Å². The molecule has 26 heavy (non-hydrogen) atoms. The van der Waals surface area contributed by atoms with Gasteiger partial charge in [0.2, 0.25) is 5.72 Å². The number of alkyl halides is 6. The van der Waals surface area contributed by atoms with E-state index >= 15 is 0 Å². The van der Waals surface area contributed by atoms with E-state index in [1.807, 2.05) is 5.32 Å². The van der Waals surface area contributed by atoms with Crippen molar-refractivity contribution in [2.75, 3.05) is 0 Å². The molecule has 0 aliphatic carbocycles. The lowest BCUT2D eigenvalue weighted by atomic mass is 10.0. The summed E-state index contributed by atoms with van der Waals surface area (Å²) in [7, 11) is 0. The molecule has 2 N–H and O–H groups in total. The fraction of sp³-hybridized carbons (Fsp3) is 0.294. The summed E-state index contributed by atoms with van der Waals surface area (Å²) in [5, 5.41) is 11.8. The van der Waals surface area contributed by atoms with E-state index in [4.69, 9.17) is 0 Å². The maximum absolute atomic E-state index is 13.8. The lowest BCUT2D eigenvalue weighted by Crippen LogP contribution is -2.58. The molecular formula is C17H14F7NO. The van der Waals surface area contributed by atoms with E-state index in [1.54, 1.807) is 6.07 Å². The van der Waals surface area contributed by atoms with Crippen LogP contribution in [0.25, 0.3) is 0 Å². The fourth-order valence-electron chi connectivity index (χ4n) is 2.26. The number of aliphatic hydroxyl groups is 1. The van der Waals surface area contributed by atoms with E-state index < -0.39 is 48.0 Å². The molecule has 0 fully saturated rings. The standard InChI is InChI=1S/C17H14F7NO/c18-14-8-13(16(19,20)21)7-6-12(14)10-25-15(26,17(22,23)24)9-11-4-2-1-3-5-11/h1-8,25-26H,9-10H2. The second-order valence-corrected chi connectivity index (χ2v) is 5.68. The van der Waals surface area contributed by atoms with Gasteiger partial charge in [-0.05, 0) is 17.7 Å². The Kier molecular flexibility index (Phi) is 5.62. The smallest absolute Gasteiger partial charge is 0.367 e. The van der Waals surface area contributed by atoms with Crippen LogP contribution in [-0.2, 0) is 19.1 Å². The van der Waals surface area contributed by atoms with Crippen LogP contribution in [0.15, 0.2) is 48.5 Å². The monoisotopic (exact) mass is 381 g/mol. The van der Waals surface area contributed by atoms with Gasteiger partial charge in [0.05, 0.1) is 5.56 Å². The maximum atomic E-state index is 13.8. The number of nitrogens with one attached hydrogen (secondary N) is 1. The molecule has 0 spiro atoms. The van der Waals surface area contributed by atoms with E-state index in [0.717, 1.165) is 6.07 Å². The average molecular weight is 381 g/mol. The molecular weight excluding hydrogens is 367 g/mol. The second kappa shape index (κ2) is 7.24. The molecule has 0 radical (unpaired) electrons. The van der Waals surface area contributed by atoms with Gasteiger partial charge >= 0.3 is 12.4 Å². The average Bonchev–Trinajstić information content (AvgIpc) is 2.52. The molecule has 0 aliphatic heterocycles. The molecule has 0 saturated heterocycles. The fourth-order valence-corrected chi connectivity index (χ4v) is 2.26. The lowest BCUT2D eigenvalue weighted by molar-refractivity contribution is -0.273. The van der Waals surface area contributed by atoms with Crippen LogP contribution in [0, 0.1) is 5.82 Å². The molecule has 1 atom stereocenters. The van der Waals surface area contributed by atoms with Crippen LogP contribution in [0.2, 0.25) is 0 Å². The SMILES string of the molecule is OC(Cc1ccccc1)(NCc1ccc(C(F)(F)F)cc1F)C(F)(F)F. The van der Waals surface area contributed by atoms with Crippen molar-refractivity contribution in [1.29, 1.82) is 0 Å². The molecule has 2 rings (SSSR count). The van der Waals surface area contributed by atoms with Gasteiger partial charge in [0.1, 0.15) is 5.82 Å². The van der Waals surface area contributed by atoms with Crippen molar-refractivity contribution in [3.8, 4) is 0 Å². The third-order valence-corrected chi connectivity index (χ3v) is 3.72. The zero-order valence-electron chi connectivity index (χ0n) is 13.1. The first-order chi connectivity index (χ1) is 11.9. The molecule has 0 heterocycles. The van der Waals surface area contributed by atoms with E-state index in [0.29, 0.717) is 6.07 Å². The normalized spacial score (nSPS) is 14.9. The van der Waals surface area contributed by atoms with Crippen molar-refractivity contribution in [3.63, 3.8) is 0 Å². The van der Waals surface area contributed by atoms with Crippen molar-refractivity contribution >= 4 is 0 Å². The summed E-state index contributed by atoms with van der Waals surface area (Å²) in [6.45, 7) is -0.813. The van der Waals surface area contributed by atoms with E-state index in [-0.39, 0.29) is 11.6 Å². The van der Waals surface area contributed by atoms with Crippen LogP contribution < -0.4 is 5.32 Å². The molecule has 9 heteroatoms. The third-order valence-electron chi connectivity index (χ3n) is 3.72.